The Morgan fingerprint density at radius 2 is 1.56 bits per heavy atom. The van der Waals surface area contributed by atoms with Crippen LogP contribution in [0.3, 0.4) is 0 Å². The fraction of sp³-hybridized carbons (Fsp3) is 0.846. The molecule has 0 saturated heterocycles. The van der Waals surface area contributed by atoms with Gasteiger partial charge in [-0.25, -0.2) is 0 Å². The first-order chi connectivity index (χ1) is 7.81. The van der Waals surface area contributed by atoms with E-state index in [2.05, 4.69) is 0 Å². The summed E-state index contributed by atoms with van der Waals surface area (Å²) in [6.07, 6.45) is 10.1. The summed E-state index contributed by atoms with van der Waals surface area (Å²) >= 11 is 0. The van der Waals surface area contributed by atoms with E-state index in [0.29, 0.717) is 19.4 Å². The van der Waals surface area contributed by atoms with E-state index in [1.165, 1.54) is 19.3 Å². The minimum absolute atomic E-state index is 0.103. The molecule has 0 aliphatic heterocycles. The van der Waals surface area contributed by atoms with Gasteiger partial charge in [0.15, 0.2) is 0 Å². The Morgan fingerprint density at radius 1 is 1.00 bits per heavy atom. The number of ether oxygens (including phenoxy) is 1. The van der Waals surface area contributed by atoms with Gasteiger partial charge in [0.25, 0.3) is 0 Å². The third-order valence-corrected chi connectivity index (χ3v) is 2.52. The van der Waals surface area contributed by atoms with Gasteiger partial charge in [-0.2, -0.15) is 0 Å². The Hall–Kier alpha value is -0.860. The molecule has 0 spiro atoms. The maximum atomic E-state index is 10.8. The van der Waals surface area contributed by atoms with E-state index in [9.17, 15) is 9.59 Å². The normalized spacial score (nSPS) is 10.1. The van der Waals surface area contributed by atoms with Crippen LogP contribution in [0.4, 0.5) is 0 Å². The molecule has 0 fully saturated rings. The largest absolute Gasteiger partial charge is 0.466 e. The maximum absolute atomic E-state index is 10.8. The number of carbonyl (C=O) groups excluding carboxylic acids is 2. The van der Waals surface area contributed by atoms with Crippen molar-refractivity contribution in [1.29, 1.82) is 0 Å². The average Bonchev–Trinajstić information content (AvgIpc) is 2.31. The summed E-state index contributed by atoms with van der Waals surface area (Å²) < 4.78 is 4.97. The van der Waals surface area contributed by atoms with Gasteiger partial charge in [-0.3, -0.25) is 4.79 Å². The molecule has 0 aromatic carbocycles. The van der Waals surface area contributed by atoms with E-state index in [0.717, 1.165) is 32.0 Å². The zero-order chi connectivity index (χ0) is 12.1. The highest BCUT2D eigenvalue weighted by molar-refractivity contribution is 5.68. The van der Waals surface area contributed by atoms with E-state index >= 15 is 0 Å². The first kappa shape index (κ1) is 15.1. The molecule has 0 heterocycles. The molecule has 0 aliphatic carbocycles. The molecule has 16 heavy (non-hydrogen) atoms. The van der Waals surface area contributed by atoms with Gasteiger partial charge in [0.1, 0.15) is 6.29 Å². The van der Waals surface area contributed by atoms with Crippen molar-refractivity contribution in [3.05, 3.63) is 0 Å². The molecule has 0 amide bonds. The van der Waals surface area contributed by atoms with Crippen LogP contribution in [0.2, 0.25) is 0 Å². The van der Waals surface area contributed by atoms with Crippen molar-refractivity contribution in [3.8, 4) is 0 Å². The Morgan fingerprint density at radius 3 is 2.12 bits per heavy atom. The molecule has 3 heteroatoms. The summed E-state index contributed by atoms with van der Waals surface area (Å²) in [6, 6.07) is 0. The zero-order valence-corrected chi connectivity index (χ0v) is 10.4. The van der Waals surface area contributed by atoms with Crippen molar-refractivity contribution in [2.24, 2.45) is 0 Å². The predicted octanol–water partition coefficient (Wildman–Crippen LogP) is 3.26. The van der Waals surface area contributed by atoms with Crippen LogP contribution in [0.5, 0.6) is 0 Å². The van der Waals surface area contributed by atoms with Gasteiger partial charge in [-0.05, 0) is 12.8 Å². The lowest BCUT2D eigenvalue weighted by Gasteiger charge is -2.03. The Labute approximate surface area is 98.6 Å². The highest BCUT2D eigenvalue weighted by atomic mass is 16.5. The highest BCUT2D eigenvalue weighted by Crippen LogP contribution is 2.08. The summed E-state index contributed by atoms with van der Waals surface area (Å²) in [5, 5.41) is 0. The number of unbranched alkanes of at least 4 members (excludes halogenated alkanes) is 7. The fourth-order valence-electron chi connectivity index (χ4n) is 1.50. The zero-order valence-electron chi connectivity index (χ0n) is 10.4. The monoisotopic (exact) mass is 228 g/mol. The number of carbonyl (C=O) groups is 2. The van der Waals surface area contributed by atoms with Gasteiger partial charge >= 0.3 is 5.97 Å². The lowest BCUT2D eigenvalue weighted by Crippen LogP contribution is -2.03. The summed E-state index contributed by atoms with van der Waals surface area (Å²) in [6.45, 7) is 2.37. The van der Waals surface area contributed by atoms with Crippen molar-refractivity contribution in [2.45, 2.75) is 64.7 Å². The summed E-state index contributed by atoms with van der Waals surface area (Å²) in [7, 11) is 0. The predicted molar refractivity (Wildman–Crippen MR) is 64.3 cm³/mol. The molecule has 0 N–H and O–H groups in total. The average molecular weight is 228 g/mol. The van der Waals surface area contributed by atoms with Crippen molar-refractivity contribution in [2.75, 3.05) is 6.61 Å². The second-order valence-corrected chi connectivity index (χ2v) is 4.00. The highest BCUT2D eigenvalue weighted by Gasteiger charge is 1.97. The lowest BCUT2D eigenvalue weighted by atomic mass is 10.1. The number of rotatable bonds is 11. The smallest absolute Gasteiger partial charge is 0.305 e. The van der Waals surface area contributed by atoms with Crippen LogP contribution in [0, 0.1) is 0 Å². The van der Waals surface area contributed by atoms with Crippen molar-refractivity contribution < 1.29 is 14.3 Å². The molecule has 0 atom stereocenters. The maximum Gasteiger partial charge on any atom is 0.305 e. The summed E-state index contributed by atoms with van der Waals surface area (Å²) in [5.74, 6) is -0.103. The van der Waals surface area contributed by atoms with Crippen molar-refractivity contribution in [1.82, 2.24) is 0 Å². The molecule has 3 nitrogen and oxygen atoms in total. The van der Waals surface area contributed by atoms with Crippen LogP contribution < -0.4 is 0 Å². The molecule has 0 aliphatic rings. The lowest BCUT2D eigenvalue weighted by molar-refractivity contribution is -0.143. The molecule has 0 unspecified atom stereocenters. The van der Waals surface area contributed by atoms with Gasteiger partial charge < -0.3 is 9.53 Å². The standard InChI is InChI=1S/C13H24O3/c1-2-13(15)16-12-10-8-6-4-3-5-7-9-11-14/h11H,2-10,12H2,1H3. The van der Waals surface area contributed by atoms with Crippen LogP contribution in [0.25, 0.3) is 0 Å². The van der Waals surface area contributed by atoms with Crippen LogP contribution in [-0.2, 0) is 14.3 Å². The molecule has 0 rings (SSSR count). The summed E-state index contributed by atoms with van der Waals surface area (Å²) in [5.41, 5.74) is 0. The minimum Gasteiger partial charge on any atom is -0.466 e. The number of hydrogen-bond acceptors (Lipinski definition) is 3. The van der Waals surface area contributed by atoms with E-state index in [1.807, 2.05) is 6.92 Å². The first-order valence-electron chi connectivity index (χ1n) is 6.40. The van der Waals surface area contributed by atoms with Crippen LogP contribution in [-0.4, -0.2) is 18.9 Å². The fourth-order valence-corrected chi connectivity index (χ4v) is 1.50. The Kier molecular flexibility index (Phi) is 11.6. The molecule has 94 valence electrons. The second kappa shape index (κ2) is 12.2. The quantitative estimate of drug-likeness (QED) is 0.310. The molecule has 0 saturated carbocycles. The van der Waals surface area contributed by atoms with Crippen LogP contribution >= 0.6 is 0 Å². The number of hydrogen-bond donors (Lipinski definition) is 0. The van der Waals surface area contributed by atoms with Crippen LogP contribution in [0.1, 0.15) is 64.7 Å². The molecular formula is C13H24O3. The van der Waals surface area contributed by atoms with Crippen molar-refractivity contribution >= 4 is 12.3 Å². The van der Waals surface area contributed by atoms with Gasteiger partial charge in [-0.15, -0.1) is 0 Å². The molecular weight excluding hydrogens is 204 g/mol. The SMILES string of the molecule is CCC(=O)OCCCCCCCCCC=O. The van der Waals surface area contributed by atoms with Crippen molar-refractivity contribution in [3.63, 3.8) is 0 Å². The van der Waals surface area contributed by atoms with Gasteiger partial charge in [0.2, 0.25) is 0 Å². The summed E-state index contributed by atoms with van der Waals surface area (Å²) in [4.78, 5) is 20.8. The third-order valence-electron chi connectivity index (χ3n) is 2.52. The molecule has 0 radical (unpaired) electrons. The van der Waals surface area contributed by atoms with Gasteiger partial charge in [0, 0.05) is 12.8 Å². The Balaban J connectivity index is 2.98. The Bertz CT molecular complexity index is 178. The molecule has 0 bridgehead atoms. The second-order valence-electron chi connectivity index (χ2n) is 4.00. The van der Waals surface area contributed by atoms with Gasteiger partial charge in [0.05, 0.1) is 6.61 Å². The number of esters is 1. The molecule has 0 aromatic heterocycles. The van der Waals surface area contributed by atoms with E-state index < -0.39 is 0 Å². The first-order valence-corrected chi connectivity index (χ1v) is 6.40. The van der Waals surface area contributed by atoms with Crippen LogP contribution in [0.15, 0.2) is 0 Å². The van der Waals surface area contributed by atoms with E-state index in [1.54, 1.807) is 0 Å². The van der Waals surface area contributed by atoms with E-state index in [-0.39, 0.29) is 5.97 Å². The van der Waals surface area contributed by atoms with Gasteiger partial charge in [-0.1, -0.05) is 39.0 Å². The number of aldehydes is 1. The molecule has 0 aromatic rings. The third kappa shape index (κ3) is 11.2. The van der Waals surface area contributed by atoms with E-state index in [4.69, 9.17) is 4.74 Å². The minimum atomic E-state index is -0.103. The topological polar surface area (TPSA) is 43.4 Å².